The number of nitrogen functional groups attached to an aromatic ring is 1. The van der Waals surface area contributed by atoms with Crippen LogP contribution in [0, 0.1) is 9.39 Å². The number of aromatic nitrogens is 1. The average molecular weight is 364 g/mol. The maximum Gasteiger partial charge on any atom is 0.144 e. The number of hydrogen-bond donors (Lipinski definition) is 1. The highest BCUT2D eigenvalue weighted by atomic mass is 127. The lowest BCUT2D eigenvalue weighted by molar-refractivity contribution is 0.642. The Balaban J connectivity index is 2.37. The van der Waals surface area contributed by atoms with Crippen LogP contribution in [0.25, 0.3) is 22.0 Å². The van der Waals surface area contributed by atoms with Gasteiger partial charge in [0.2, 0.25) is 0 Å². The number of hydrogen-bond acceptors (Lipinski definition) is 2. The minimum atomic E-state index is -0.313. The highest BCUT2D eigenvalue weighted by Crippen LogP contribution is 2.32. The molecule has 94 valence electrons. The van der Waals surface area contributed by atoms with E-state index in [9.17, 15) is 4.39 Å². The average Bonchev–Trinajstić information content (AvgIpc) is 2.41. The van der Waals surface area contributed by atoms with Crippen molar-refractivity contribution in [2.75, 3.05) is 5.73 Å². The highest BCUT2D eigenvalue weighted by Gasteiger charge is 2.15. The van der Waals surface area contributed by atoms with Crippen LogP contribution in [0.4, 0.5) is 10.2 Å². The van der Waals surface area contributed by atoms with Gasteiger partial charge in [0.25, 0.3) is 0 Å². The number of nitrogens with two attached hydrogens (primary N) is 1. The van der Waals surface area contributed by atoms with E-state index in [1.807, 2.05) is 36.4 Å². The molecule has 0 aliphatic rings. The molecule has 3 aromatic rings. The number of rotatable bonds is 1. The van der Waals surface area contributed by atoms with Crippen molar-refractivity contribution in [1.82, 2.24) is 4.98 Å². The first-order valence-electron chi connectivity index (χ1n) is 5.76. The van der Waals surface area contributed by atoms with Crippen molar-refractivity contribution < 1.29 is 4.39 Å². The van der Waals surface area contributed by atoms with E-state index < -0.39 is 0 Å². The summed E-state index contributed by atoms with van der Waals surface area (Å²) < 4.78 is 15.6. The Labute approximate surface area is 123 Å². The van der Waals surface area contributed by atoms with Gasteiger partial charge in [-0.2, -0.15) is 0 Å². The second kappa shape index (κ2) is 4.77. The molecule has 2 nitrogen and oxygen atoms in total. The molecule has 0 amide bonds. The maximum atomic E-state index is 14.7. The van der Waals surface area contributed by atoms with Crippen LogP contribution >= 0.6 is 22.6 Å². The van der Waals surface area contributed by atoms with Gasteiger partial charge in [-0.05, 0) is 46.4 Å². The van der Waals surface area contributed by atoms with E-state index in [0.717, 1.165) is 9.13 Å². The second-order valence-electron chi connectivity index (χ2n) is 4.21. The number of halogens is 2. The van der Waals surface area contributed by atoms with Gasteiger partial charge >= 0.3 is 0 Å². The van der Waals surface area contributed by atoms with E-state index in [1.54, 1.807) is 12.1 Å². The smallest absolute Gasteiger partial charge is 0.144 e. The number of benzene rings is 2. The van der Waals surface area contributed by atoms with E-state index in [4.69, 9.17) is 5.73 Å². The molecule has 1 heterocycles. The van der Waals surface area contributed by atoms with Gasteiger partial charge in [0.1, 0.15) is 11.6 Å². The summed E-state index contributed by atoms with van der Waals surface area (Å²) in [5.74, 6) is -0.0929. The van der Waals surface area contributed by atoms with Gasteiger partial charge in [-0.25, -0.2) is 9.37 Å². The van der Waals surface area contributed by atoms with Crippen molar-refractivity contribution in [1.29, 1.82) is 0 Å². The molecule has 2 aromatic carbocycles. The molecule has 0 aliphatic carbocycles. The first kappa shape index (κ1) is 12.3. The minimum absolute atomic E-state index is 0.220. The molecule has 0 atom stereocenters. The van der Waals surface area contributed by atoms with Crippen LogP contribution in [0.2, 0.25) is 0 Å². The van der Waals surface area contributed by atoms with Gasteiger partial charge in [0.05, 0.1) is 11.1 Å². The van der Waals surface area contributed by atoms with E-state index in [-0.39, 0.29) is 11.6 Å². The third-order valence-corrected chi connectivity index (χ3v) is 3.65. The predicted molar refractivity (Wildman–Crippen MR) is 84.3 cm³/mol. The van der Waals surface area contributed by atoms with E-state index in [0.29, 0.717) is 16.5 Å². The standard InChI is InChI=1S/C15H10FIN2/c16-14-11-8-10(17)6-7-12(11)19-15(18)13(14)9-4-2-1-3-5-9/h1-8H,(H2,18,19). The molecular weight excluding hydrogens is 354 g/mol. The van der Waals surface area contributed by atoms with Crippen molar-refractivity contribution >= 4 is 39.3 Å². The zero-order valence-corrected chi connectivity index (χ0v) is 12.1. The lowest BCUT2D eigenvalue weighted by atomic mass is 10.0. The van der Waals surface area contributed by atoms with E-state index >= 15 is 0 Å². The van der Waals surface area contributed by atoms with Gasteiger partial charge < -0.3 is 5.73 Å². The third kappa shape index (κ3) is 2.16. The summed E-state index contributed by atoms with van der Waals surface area (Å²) in [6, 6.07) is 14.7. The van der Waals surface area contributed by atoms with Crippen LogP contribution in [-0.2, 0) is 0 Å². The van der Waals surface area contributed by atoms with Gasteiger partial charge in [-0.15, -0.1) is 0 Å². The van der Waals surface area contributed by atoms with Gasteiger partial charge in [-0.1, -0.05) is 30.3 Å². The van der Waals surface area contributed by atoms with E-state index in [2.05, 4.69) is 27.6 Å². The summed E-state index contributed by atoms with van der Waals surface area (Å²) in [5.41, 5.74) is 7.60. The zero-order chi connectivity index (χ0) is 13.4. The molecule has 0 saturated carbocycles. The lowest BCUT2D eigenvalue weighted by Gasteiger charge is -2.10. The zero-order valence-electron chi connectivity index (χ0n) is 9.90. The molecule has 0 aliphatic heterocycles. The molecule has 2 N–H and O–H groups in total. The van der Waals surface area contributed by atoms with Crippen LogP contribution < -0.4 is 5.73 Å². The topological polar surface area (TPSA) is 38.9 Å². The first-order valence-corrected chi connectivity index (χ1v) is 6.84. The van der Waals surface area contributed by atoms with Crippen LogP contribution in [0.3, 0.4) is 0 Å². The summed E-state index contributed by atoms with van der Waals surface area (Å²) in [4.78, 5) is 4.29. The Kier molecular flexibility index (Phi) is 3.10. The monoisotopic (exact) mass is 364 g/mol. The van der Waals surface area contributed by atoms with Crippen LogP contribution in [0.15, 0.2) is 48.5 Å². The largest absolute Gasteiger partial charge is 0.383 e. The molecular formula is C15H10FIN2. The number of nitrogens with zero attached hydrogens (tertiary/aromatic N) is 1. The Morgan fingerprint density at radius 2 is 1.79 bits per heavy atom. The predicted octanol–water partition coefficient (Wildman–Crippen LogP) is 4.23. The van der Waals surface area contributed by atoms with Gasteiger partial charge in [0.15, 0.2) is 0 Å². The fourth-order valence-electron chi connectivity index (χ4n) is 2.09. The van der Waals surface area contributed by atoms with Crippen molar-refractivity contribution in [2.24, 2.45) is 0 Å². The summed E-state index contributed by atoms with van der Waals surface area (Å²) in [6.45, 7) is 0. The Hall–Kier alpha value is -1.69. The molecule has 0 fully saturated rings. The fraction of sp³-hybridized carbons (Fsp3) is 0. The van der Waals surface area contributed by atoms with Crippen LogP contribution in [0.1, 0.15) is 0 Å². The Bertz CT molecular complexity index is 757. The van der Waals surface area contributed by atoms with Gasteiger partial charge in [0, 0.05) is 8.96 Å². The quantitative estimate of drug-likeness (QED) is 0.657. The molecule has 0 unspecified atom stereocenters. The fourth-order valence-corrected chi connectivity index (χ4v) is 2.58. The summed E-state index contributed by atoms with van der Waals surface area (Å²) in [6.07, 6.45) is 0. The number of pyridine rings is 1. The minimum Gasteiger partial charge on any atom is -0.383 e. The van der Waals surface area contributed by atoms with Gasteiger partial charge in [-0.3, -0.25) is 0 Å². The van der Waals surface area contributed by atoms with Crippen molar-refractivity contribution in [3.8, 4) is 11.1 Å². The third-order valence-electron chi connectivity index (χ3n) is 2.97. The Morgan fingerprint density at radius 1 is 1.05 bits per heavy atom. The number of fused-ring (bicyclic) bond motifs is 1. The maximum absolute atomic E-state index is 14.7. The molecule has 19 heavy (non-hydrogen) atoms. The summed E-state index contributed by atoms with van der Waals surface area (Å²) >= 11 is 2.15. The van der Waals surface area contributed by atoms with E-state index in [1.165, 1.54) is 0 Å². The molecule has 3 rings (SSSR count). The van der Waals surface area contributed by atoms with Crippen molar-refractivity contribution in [3.05, 3.63) is 57.9 Å². The van der Waals surface area contributed by atoms with Crippen molar-refractivity contribution in [3.63, 3.8) is 0 Å². The second-order valence-corrected chi connectivity index (χ2v) is 5.46. The molecule has 4 heteroatoms. The first-order chi connectivity index (χ1) is 9.16. The van der Waals surface area contributed by atoms with Crippen LogP contribution in [0.5, 0.6) is 0 Å². The number of anilines is 1. The lowest BCUT2D eigenvalue weighted by Crippen LogP contribution is -1.99. The Morgan fingerprint density at radius 3 is 2.53 bits per heavy atom. The molecule has 0 saturated heterocycles. The summed E-state index contributed by atoms with van der Waals surface area (Å²) in [7, 11) is 0. The molecule has 0 radical (unpaired) electrons. The molecule has 0 spiro atoms. The summed E-state index contributed by atoms with van der Waals surface area (Å²) in [5, 5.41) is 0.500. The van der Waals surface area contributed by atoms with Crippen molar-refractivity contribution in [2.45, 2.75) is 0 Å². The normalized spacial score (nSPS) is 10.8. The molecule has 0 bridgehead atoms. The van der Waals surface area contributed by atoms with Crippen LogP contribution in [-0.4, -0.2) is 4.98 Å². The highest BCUT2D eigenvalue weighted by molar-refractivity contribution is 14.1. The SMILES string of the molecule is Nc1nc2ccc(I)cc2c(F)c1-c1ccccc1. The molecule has 1 aromatic heterocycles.